The molecular weight excluding hydrogens is 354 g/mol. The third kappa shape index (κ3) is 2.56. The quantitative estimate of drug-likeness (QED) is 0.503. The first-order valence-electron chi connectivity index (χ1n) is 8.85. The second kappa shape index (κ2) is 6.09. The van der Waals surface area contributed by atoms with Crippen LogP contribution in [0.5, 0.6) is 0 Å². The molecule has 0 bridgehead atoms. The minimum absolute atomic E-state index is 0.170. The van der Waals surface area contributed by atoms with Crippen molar-refractivity contribution in [1.29, 1.82) is 0 Å². The summed E-state index contributed by atoms with van der Waals surface area (Å²) in [5.41, 5.74) is 5.29. The number of para-hydroxylation sites is 1. The summed E-state index contributed by atoms with van der Waals surface area (Å²) in [5.74, 6) is -0.434. The third-order valence-corrected chi connectivity index (χ3v) is 4.81. The highest BCUT2D eigenvalue weighted by Crippen LogP contribution is 2.35. The van der Waals surface area contributed by atoms with Gasteiger partial charge in [-0.25, -0.2) is 14.9 Å². The zero-order valence-corrected chi connectivity index (χ0v) is 15.4. The number of H-pyrrole nitrogens is 2. The fraction of sp³-hybridized carbons (Fsp3) is 0.0952. The molecule has 0 aliphatic heterocycles. The van der Waals surface area contributed by atoms with Gasteiger partial charge in [0.2, 0.25) is 0 Å². The molecule has 0 fully saturated rings. The number of nitrogens with one attached hydrogen (secondary N) is 2. The fourth-order valence-corrected chi connectivity index (χ4v) is 3.42. The molecule has 5 rings (SSSR count). The summed E-state index contributed by atoms with van der Waals surface area (Å²) in [5, 5.41) is 8.32. The zero-order valence-electron chi connectivity index (χ0n) is 15.4. The summed E-state index contributed by atoms with van der Waals surface area (Å²) in [7, 11) is 4.01. The van der Waals surface area contributed by atoms with Crippen LogP contribution in [0.4, 0.5) is 5.69 Å². The Morgan fingerprint density at radius 2 is 1.79 bits per heavy atom. The first kappa shape index (κ1) is 16.3. The summed E-state index contributed by atoms with van der Waals surface area (Å²) < 4.78 is 5.15. The van der Waals surface area contributed by atoms with Gasteiger partial charge < -0.3 is 14.3 Å². The third-order valence-electron chi connectivity index (χ3n) is 4.81. The highest BCUT2D eigenvalue weighted by molar-refractivity contribution is 6.12. The van der Waals surface area contributed by atoms with Crippen molar-refractivity contribution in [2.75, 3.05) is 19.0 Å². The molecule has 2 N–H and O–H groups in total. The Morgan fingerprint density at radius 1 is 1.00 bits per heavy atom. The lowest BCUT2D eigenvalue weighted by atomic mass is 10.1. The second-order valence-electron chi connectivity index (χ2n) is 6.81. The number of anilines is 1. The fourth-order valence-electron chi connectivity index (χ4n) is 3.42. The monoisotopic (exact) mass is 371 g/mol. The molecule has 0 aliphatic carbocycles. The minimum Gasteiger partial charge on any atom is -0.386 e. The number of aromatic amines is 2. The molecule has 7 nitrogen and oxygen atoms in total. The predicted octanol–water partition coefficient (Wildman–Crippen LogP) is 3.79. The van der Waals surface area contributed by atoms with Crippen molar-refractivity contribution < 1.29 is 4.42 Å². The number of hydrogen-bond acceptors (Lipinski definition) is 5. The van der Waals surface area contributed by atoms with Crippen molar-refractivity contribution in [2.24, 2.45) is 0 Å². The maximum Gasteiger partial charge on any atom is 0.434 e. The van der Waals surface area contributed by atoms with Gasteiger partial charge in [0.05, 0.1) is 11.2 Å². The van der Waals surface area contributed by atoms with Gasteiger partial charge in [0.15, 0.2) is 0 Å². The van der Waals surface area contributed by atoms with E-state index in [-0.39, 0.29) is 5.89 Å². The standard InChI is InChI=1S/C21H17N5O2/c1-26(2)13-9-7-12(8-10-13)18-19-15(14-5-3-4-6-16(14)22-19)11-17(23-18)20-24-25-21(27)28-20/h3-11,22H,1-2H3,(H,25,27). The average Bonchev–Trinajstić information content (AvgIpc) is 3.31. The molecule has 3 aromatic heterocycles. The van der Waals surface area contributed by atoms with E-state index < -0.39 is 5.76 Å². The Hall–Kier alpha value is -3.87. The Labute approximate surface area is 159 Å². The lowest BCUT2D eigenvalue weighted by Gasteiger charge is -2.13. The average molecular weight is 371 g/mol. The van der Waals surface area contributed by atoms with E-state index in [1.165, 1.54) is 0 Å². The maximum atomic E-state index is 11.4. The molecule has 5 aromatic rings. The van der Waals surface area contributed by atoms with Gasteiger partial charge in [-0.05, 0) is 24.3 Å². The molecular formula is C21H17N5O2. The van der Waals surface area contributed by atoms with Gasteiger partial charge in [0.1, 0.15) is 5.69 Å². The van der Waals surface area contributed by atoms with Crippen LogP contribution in [0.25, 0.3) is 44.6 Å². The van der Waals surface area contributed by atoms with Crippen LogP contribution < -0.4 is 10.7 Å². The first-order valence-corrected chi connectivity index (χ1v) is 8.85. The Bertz CT molecular complexity index is 1360. The van der Waals surface area contributed by atoms with Crippen LogP contribution in [0.1, 0.15) is 0 Å². The molecule has 2 aromatic carbocycles. The Balaban J connectivity index is 1.81. The van der Waals surface area contributed by atoms with Crippen molar-refractivity contribution in [3.8, 4) is 22.8 Å². The molecule has 3 heterocycles. The van der Waals surface area contributed by atoms with Crippen LogP contribution >= 0.6 is 0 Å². The predicted molar refractivity (Wildman–Crippen MR) is 109 cm³/mol. The van der Waals surface area contributed by atoms with Crippen molar-refractivity contribution in [2.45, 2.75) is 0 Å². The number of pyridine rings is 1. The van der Waals surface area contributed by atoms with Crippen LogP contribution in [-0.4, -0.2) is 34.3 Å². The number of nitrogens with zero attached hydrogens (tertiary/aromatic N) is 3. The molecule has 138 valence electrons. The lowest BCUT2D eigenvalue weighted by molar-refractivity contribution is 0.525. The van der Waals surface area contributed by atoms with Crippen LogP contribution in [0.3, 0.4) is 0 Å². The van der Waals surface area contributed by atoms with Crippen molar-refractivity contribution in [3.63, 3.8) is 0 Å². The maximum absolute atomic E-state index is 11.4. The van der Waals surface area contributed by atoms with E-state index in [9.17, 15) is 4.79 Å². The molecule has 0 unspecified atom stereocenters. The summed E-state index contributed by atoms with van der Waals surface area (Å²) in [6.07, 6.45) is 0. The van der Waals surface area contributed by atoms with Gasteiger partial charge in [-0.2, -0.15) is 0 Å². The second-order valence-corrected chi connectivity index (χ2v) is 6.81. The van der Waals surface area contributed by atoms with E-state index in [1.807, 2.05) is 67.5 Å². The summed E-state index contributed by atoms with van der Waals surface area (Å²) >= 11 is 0. The SMILES string of the molecule is CN(C)c1ccc(-c2nc(-c3n[nH]c(=O)o3)cc3c2[nH]c2ccccc23)cc1. The van der Waals surface area contributed by atoms with Gasteiger partial charge in [0, 0.05) is 41.6 Å². The van der Waals surface area contributed by atoms with E-state index in [0.717, 1.165) is 38.8 Å². The Morgan fingerprint density at radius 3 is 2.50 bits per heavy atom. The summed E-state index contributed by atoms with van der Waals surface area (Å²) in [6, 6.07) is 18.1. The largest absolute Gasteiger partial charge is 0.434 e. The molecule has 0 radical (unpaired) electrons. The van der Waals surface area contributed by atoms with E-state index in [0.29, 0.717) is 5.69 Å². The topological polar surface area (TPSA) is 90.8 Å². The number of fused-ring (bicyclic) bond motifs is 3. The number of hydrogen-bond donors (Lipinski definition) is 2. The van der Waals surface area contributed by atoms with E-state index >= 15 is 0 Å². The highest BCUT2D eigenvalue weighted by Gasteiger charge is 2.17. The summed E-state index contributed by atoms with van der Waals surface area (Å²) in [6.45, 7) is 0. The highest BCUT2D eigenvalue weighted by atomic mass is 16.4. The number of benzene rings is 2. The number of rotatable bonds is 3. The first-order chi connectivity index (χ1) is 13.6. The molecule has 0 saturated heterocycles. The smallest absolute Gasteiger partial charge is 0.386 e. The van der Waals surface area contributed by atoms with Gasteiger partial charge in [-0.1, -0.05) is 30.3 Å². The summed E-state index contributed by atoms with van der Waals surface area (Å²) in [4.78, 5) is 21.7. The molecule has 28 heavy (non-hydrogen) atoms. The lowest BCUT2D eigenvalue weighted by Crippen LogP contribution is -2.07. The molecule has 0 atom stereocenters. The van der Waals surface area contributed by atoms with Crippen LogP contribution in [0, 0.1) is 0 Å². The molecule has 0 aliphatic rings. The van der Waals surface area contributed by atoms with E-state index in [4.69, 9.17) is 9.40 Å². The van der Waals surface area contributed by atoms with Crippen molar-refractivity contribution in [3.05, 3.63) is 65.1 Å². The molecule has 0 spiro atoms. The van der Waals surface area contributed by atoms with Gasteiger partial charge in [-0.15, -0.1) is 5.10 Å². The van der Waals surface area contributed by atoms with Crippen LogP contribution in [-0.2, 0) is 0 Å². The van der Waals surface area contributed by atoms with Gasteiger partial charge in [0.25, 0.3) is 5.89 Å². The van der Waals surface area contributed by atoms with Gasteiger partial charge in [-0.3, -0.25) is 0 Å². The van der Waals surface area contributed by atoms with E-state index in [2.05, 4.69) is 21.2 Å². The zero-order chi connectivity index (χ0) is 19.3. The van der Waals surface area contributed by atoms with Crippen LogP contribution in [0.15, 0.2) is 63.8 Å². The Kier molecular flexibility index (Phi) is 3.55. The molecule has 7 heteroatoms. The van der Waals surface area contributed by atoms with Crippen molar-refractivity contribution >= 4 is 27.5 Å². The molecule has 0 amide bonds. The van der Waals surface area contributed by atoms with Crippen molar-refractivity contribution in [1.82, 2.24) is 20.2 Å². The van der Waals surface area contributed by atoms with E-state index in [1.54, 1.807) is 0 Å². The minimum atomic E-state index is -0.604. The molecule has 0 saturated carbocycles. The normalized spacial score (nSPS) is 11.4. The van der Waals surface area contributed by atoms with Gasteiger partial charge >= 0.3 is 5.76 Å². The van der Waals surface area contributed by atoms with Crippen LogP contribution in [0.2, 0.25) is 0 Å². The number of aromatic nitrogens is 4.